The Morgan fingerprint density at radius 1 is 1.42 bits per heavy atom. The molecule has 0 radical (unpaired) electrons. The summed E-state index contributed by atoms with van der Waals surface area (Å²) in [7, 11) is 0. The molecule has 2 rings (SSSR count). The molecule has 0 bridgehead atoms. The van der Waals surface area contributed by atoms with Gasteiger partial charge in [0.1, 0.15) is 0 Å². The number of nitrogens with zero attached hydrogens (tertiary/aromatic N) is 1. The first kappa shape index (κ1) is 14.6. The minimum absolute atomic E-state index is 0.441. The molecule has 1 aliphatic rings. The number of hydrogen-bond acceptors (Lipinski definition) is 3. The van der Waals surface area contributed by atoms with Crippen molar-refractivity contribution in [1.82, 2.24) is 4.90 Å². The third kappa shape index (κ3) is 4.65. The van der Waals surface area contributed by atoms with Gasteiger partial charge in [-0.3, -0.25) is 4.90 Å². The van der Waals surface area contributed by atoms with E-state index in [1.54, 1.807) is 0 Å². The molecule has 0 saturated carbocycles. The summed E-state index contributed by atoms with van der Waals surface area (Å²) in [4.78, 5) is 4.01. The first-order valence-corrected chi connectivity index (χ1v) is 8.18. The predicted molar refractivity (Wildman–Crippen MR) is 83.2 cm³/mol. The second kappa shape index (κ2) is 7.69. The molecule has 0 aliphatic carbocycles. The molecule has 2 nitrogen and oxygen atoms in total. The van der Waals surface area contributed by atoms with Crippen molar-refractivity contribution in [3.8, 4) is 11.8 Å². The minimum atomic E-state index is 0.441. The van der Waals surface area contributed by atoms with Gasteiger partial charge in [0.25, 0.3) is 0 Å². The van der Waals surface area contributed by atoms with Crippen LogP contribution in [0.15, 0.2) is 11.4 Å². The molecule has 2 N–H and O–H groups in total. The summed E-state index contributed by atoms with van der Waals surface area (Å²) < 4.78 is 0. The second-order valence-electron chi connectivity index (χ2n) is 5.32. The number of thiophene rings is 1. The fourth-order valence-electron chi connectivity index (χ4n) is 2.74. The quantitative estimate of drug-likeness (QED) is 0.856. The zero-order valence-corrected chi connectivity index (χ0v) is 12.6. The Bertz CT molecular complexity index is 433. The van der Waals surface area contributed by atoms with Crippen LogP contribution in [0.1, 0.15) is 43.0 Å². The first-order chi connectivity index (χ1) is 9.31. The third-order valence-electron chi connectivity index (χ3n) is 3.77. The van der Waals surface area contributed by atoms with Crippen molar-refractivity contribution in [3.63, 3.8) is 0 Å². The van der Waals surface area contributed by atoms with Gasteiger partial charge in [0, 0.05) is 22.4 Å². The summed E-state index contributed by atoms with van der Waals surface area (Å²) in [6.07, 6.45) is 5.49. The highest BCUT2D eigenvalue weighted by Crippen LogP contribution is 2.24. The molecule has 0 amide bonds. The van der Waals surface area contributed by atoms with Gasteiger partial charge >= 0.3 is 0 Å². The summed E-state index contributed by atoms with van der Waals surface area (Å²) in [5.41, 5.74) is 6.51. The maximum absolute atomic E-state index is 5.39. The van der Waals surface area contributed by atoms with Gasteiger partial charge in [-0.25, -0.2) is 0 Å². The van der Waals surface area contributed by atoms with E-state index >= 15 is 0 Å². The lowest BCUT2D eigenvalue weighted by Crippen LogP contribution is -2.32. The molecule has 1 aliphatic heterocycles. The highest BCUT2D eigenvalue weighted by Gasteiger charge is 2.18. The molecule has 19 heavy (non-hydrogen) atoms. The van der Waals surface area contributed by atoms with Crippen molar-refractivity contribution < 1.29 is 0 Å². The fourth-order valence-corrected chi connectivity index (χ4v) is 3.60. The van der Waals surface area contributed by atoms with Crippen LogP contribution in [0.4, 0.5) is 0 Å². The van der Waals surface area contributed by atoms with E-state index in [2.05, 4.69) is 35.1 Å². The van der Waals surface area contributed by atoms with Crippen LogP contribution in [0.2, 0.25) is 0 Å². The van der Waals surface area contributed by atoms with E-state index in [1.807, 2.05) is 11.3 Å². The van der Waals surface area contributed by atoms with Crippen molar-refractivity contribution in [1.29, 1.82) is 0 Å². The van der Waals surface area contributed by atoms with E-state index in [9.17, 15) is 0 Å². The maximum atomic E-state index is 5.39. The molecule has 0 spiro atoms. The van der Waals surface area contributed by atoms with Gasteiger partial charge < -0.3 is 5.73 Å². The highest BCUT2D eigenvalue weighted by molar-refractivity contribution is 7.10. The molecule has 104 valence electrons. The lowest BCUT2D eigenvalue weighted by molar-refractivity contribution is 0.173. The topological polar surface area (TPSA) is 29.3 Å². The third-order valence-corrected chi connectivity index (χ3v) is 4.69. The van der Waals surface area contributed by atoms with E-state index in [0.717, 1.165) is 18.0 Å². The molecule has 0 atom stereocenters. The zero-order valence-electron chi connectivity index (χ0n) is 11.8. The molecule has 0 aromatic carbocycles. The van der Waals surface area contributed by atoms with E-state index in [0.29, 0.717) is 6.54 Å². The number of piperidine rings is 1. The lowest BCUT2D eigenvalue weighted by atomic mass is 9.92. The van der Waals surface area contributed by atoms with E-state index in [4.69, 9.17) is 5.73 Å². The predicted octanol–water partition coefficient (Wildman–Crippen LogP) is 3.07. The fraction of sp³-hybridized carbons (Fsp3) is 0.625. The SMILES string of the molecule is CCCC1CCN(Cc2cc(C#CCN)cs2)CC1. The molecule has 1 aromatic heterocycles. The van der Waals surface area contributed by atoms with Gasteiger partial charge in [-0.2, -0.15) is 0 Å². The van der Waals surface area contributed by atoms with Gasteiger partial charge in [0.15, 0.2) is 0 Å². The summed E-state index contributed by atoms with van der Waals surface area (Å²) in [5, 5.41) is 2.14. The lowest BCUT2D eigenvalue weighted by Gasteiger charge is -2.31. The normalized spacial score (nSPS) is 17.2. The average Bonchev–Trinajstić information content (AvgIpc) is 2.87. The second-order valence-corrected chi connectivity index (χ2v) is 6.31. The monoisotopic (exact) mass is 276 g/mol. The number of rotatable bonds is 4. The van der Waals surface area contributed by atoms with Crippen molar-refractivity contribution in [2.75, 3.05) is 19.6 Å². The van der Waals surface area contributed by atoms with Crippen molar-refractivity contribution in [2.24, 2.45) is 11.7 Å². The van der Waals surface area contributed by atoms with Crippen LogP contribution < -0.4 is 5.73 Å². The van der Waals surface area contributed by atoms with Crippen molar-refractivity contribution in [3.05, 3.63) is 21.9 Å². The number of nitrogens with two attached hydrogens (primary N) is 1. The molecule has 1 aromatic rings. The summed E-state index contributed by atoms with van der Waals surface area (Å²) in [6.45, 7) is 6.34. The summed E-state index contributed by atoms with van der Waals surface area (Å²) in [5.74, 6) is 6.98. The van der Waals surface area contributed by atoms with Crippen molar-refractivity contribution in [2.45, 2.75) is 39.2 Å². The van der Waals surface area contributed by atoms with Gasteiger partial charge in [-0.1, -0.05) is 31.6 Å². The standard InChI is InChI=1S/C16H24N2S/c1-2-4-14-6-9-18(10-7-14)12-16-11-15(13-19-16)5-3-8-17/h11,13-14H,2,4,6-10,12,17H2,1H3. The molecular formula is C16H24N2S. The van der Waals surface area contributed by atoms with Crippen LogP contribution >= 0.6 is 11.3 Å². The molecule has 1 fully saturated rings. The average molecular weight is 276 g/mol. The minimum Gasteiger partial charge on any atom is -0.320 e. The number of hydrogen-bond donors (Lipinski definition) is 1. The van der Waals surface area contributed by atoms with Crippen molar-refractivity contribution >= 4 is 11.3 Å². The summed E-state index contributed by atoms with van der Waals surface area (Å²) in [6, 6.07) is 2.21. The van der Waals surface area contributed by atoms with Crippen LogP contribution in [-0.4, -0.2) is 24.5 Å². The van der Waals surface area contributed by atoms with E-state index in [1.165, 1.54) is 43.6 Å². The van der Waals surface area contributed by atoms with Gasteiger partial charge in [0.05, 0.1) is 6.54 Å². The van der Waals surface area contributed by atoms with E-state index < -0.39 is 0 Å². The van der Waals surface area contributed by atoms with Gasteiger partial charge in [-0.15, -0.1) is 11.3 Å². The van der Waals surface area contributed by atoms with Gasteiger partial charge in [-0.05, 0) is 37.9 Å². The number of likely N-dealkylation sites (tertiary alicyclic amines) is 1. The Labute approximate surface area is 121 Å². The molecule has 3 heteroatoms. The van der Waals surface area contributed by atoms with E-state index in [-0.39, 0.29) is 0 Å². The highest BCUT2D eigenvalue weighted by atomic mass is 32.1. The Kier molecular flexibility index (Phi) is 5.91. The molecule has 2 heterocycles. The van der Waals surface area contributed by atoms with Crippen LogP contribution in [0, 0.1) is 17.8 Å². The Morgan fingerprint density at radius 2 is 2.21 bits per heavy atom. The molecular weight excluding hydrogens is 252 g/mol. The molecule has 1 saturated heterocycles. The first-order valence-electron chi connectivity index (χ1n) is 7.30. The van der Waals surface area contributed by atoms with Crippen LogP contribution in [0.3, 0.4) is 0 Å². The summed E-state index contributed by atoms with van der Waals surface area (Å²) >= 11 is 1.82. The Balaban J connectivity index is 1.80. The van der Waals surface area contributed by atoms with Crippen LogP contribution in [0.25, 0.3) is 0 Å². The largest absolute Gasteiger partial charge is 0.320 e. The maximum Gasteiger partial charge on any atom is 0.0555 e. The Morgan fingerprint density at radius 3 is 2.89 bits per heavy atom. The Hall–Kier alpha value is -0.820. The van der Waals surface area contributed by atoms with Crippen LogP contribution in [-0.2, 0) is 6.54 Å². The molecule has 0 unspecified atom stereocenters. The van der Waals surface area contributed by atoms with Crippen LogP contribution in [0.5, 0.6) is 0 Å². The zero-order chi connectivity index (χ0) is 13.5. The smallest absolute Gasteiger partial charge is 0.0555 e. The van der Waals surface area contributed by atoms with Gasteiger partial charge in [0.2, 0.25) is 0 Å².